The van der Waals surface area contributed by atoms with Gasteiger partial charge in [-0.3, -0.25) is 4.79 Å². The molecule has 0 saturated heterocycles. The van der Waals surface area contributed by atoms with Crippen LogP contribution >= 0.6 is 0 Å². The van der Waals surface area contributed by atoms with Gasteiger partial charge < -0.3 is 5.11 Å². The van der Waals surface area contributed by atoms with Crippen LogP contribution in [0, 0.1) is 34.0 Å². The van der Waals surface area contributed by atoms with Gasteiger partial charge in [-0.15, -0.1) is 0 Å². The van der Waals surface area contributed by atoms with Crippen molar-refractivity contribution < 1.29 is 9.90 Å². The summed E-state index contributed by atoms with van der Waals surface area (Å²) in [6, 6.07) is 0. The molecule has 6 unspecified atom stereocenters. The molecule has 0 aliphatic heterocycles. The van der Waals surface area contributed by atoms with Crippen LogP contribution in [0.1, 0.15) is 65.7 Å². The average Bonchev–Trinajstić information content (AvgIpc) is 2.73. The fraction of sp³-hybridized carbons (Fsp3) is 0.850. The number of rotatable bonds is 1. The molecule has 4 rings (SSSR count). The minimum Gasteiger partial charge on any atom is -0.396 e. The standard InChI is InChI=1S/C20H30O2/c1-13-10-20-11-14(13)5-6-15(20)19(3)8-4-7-18(2,12-21)16(19)9-17(20)22/h10,14-16,21H,4-9,11-12H2,1-3H3. The first-order valence-corrected chi connectivity index (χ1v) is 9.19. The second-order valence-electron chi connectivity index (χ2n) is 9.31. The minimum atomic E-state index is -0.147. The zero-order chi connectivity index (χ0) is 15.8. The summed E-state index contributed by atoms with van der Waals surface area (Å²) in [5.74, 6) is 2.02. The van der Waals surface area contributed by atoms with Gasteiger partial charge in [-0.2, -0.15) is 0 Å². The molecule has 2 heteroatoms. The lowest BCUT2D eigenvalue weighted by Crippen LogP contribution is -2.60. The van der Waals surface area contributed by atoms with Crippen molar-refractivity contribution in [3.05, 3.63) is 11.6 Å². The van der Waals surface area contributed by atoms with Crippen molar-refractivity contribution in [2.75, 3.05) is 6.61 Å². The van der Waals surface area contributed by atoms with Crippen molar-refractivity contribution in [3.63, 3.8) is 0 Å². The molecule has 2 bridgehead atoms. The predicted molar refractivity (Wildman–Crippen MR) is 87.3 cm³/mol. The van der Waals surface area contributed by atoms with Gasteiger partial charge in [-0.25, -0.2) is 0 Å². The lowest BCUT2D eigenvalue weighted by atomic mass is 9.40. The lowest BCUT2D eigenvalue weighted by Gasteiger charge is -2.63. The molecule has 22 heavy (non-hydrogen) atoms. The number of fused-ring (bicyclic) bond motifs is 3. The fourth-order valence-corrected chi connectivity index (χ4v) is 7.14. The third kappa shape index (κ3) is 1.63. The van der Waals surface area contributed by atoms with Gasteiger partial charge in [0.25, 0.3) is 0 Å². The van der Waals surface area contributed by atoms with E-state index in [-0.39, 0.29) is 22.9 Å². The maximum absolute atomic E-state index is 13.2. The monoisotopic (exact) mass is 302 g/mol. The maximum atomic E-state index is 13.2. The summed E-state index contributed by atoms with van der Waals surface area (Å²) in [6.07, 6.45) is 10.2. The van der Waals surface area contributed by atoms with Crippen molar-refractivity contribution >= 4 is 5.78 Å². The van der Waals surface area contributed by atoms with Crippen molar-refractivity contribution in [2.45, 2.75) is 65.7 Å². The Morgan fingerprint density at radius 2 is 2.00 bits per heavy atom. The molecule has 6 atom stereocenters. The molecule has 1 spiro atoms. The van der Waals surface area contributed by atoms with Gasteiger partial charge in [0.15, 0.2) is 0 Å². The van der Waals surface area contributed by atoms with Crippen molar-refractivity contribution in [3.8, 4) is 0 Å². The highest BCUT2D eigenvalue weighted by molar-refractivity contribution is 5.89. The van der Waals surface area contributed by atoms with E-state index in [1.54, 1.807) is 0 Å². The molecule has 1 N–H and O–H groups in total. The molecule has 0 amide bonds. The Hall–Kier alpha value is -0.630. The van der Waals surface area contributed by atoms with E-state index in [9.17, 15) is 9.90 Å². The smallest absolute Gasteiger partial charge is 0.143 e. The van der Waals surface area contributed by atoms with Crippen LogP contribution in [-0.2, 0) is 4.79 Å². The minimum absolute atomic E-state index is 0.0571. The summed E-state index contributed by atoms with van der Waals surface area (Å²) in [7, 11) is 0. The number of carbonyl (C=O) groups is 1. The van der Waals surface area contributed by atoms with E-state index in [1.165, 1.54) is 31.3 Å². The summed E-state index contributed by atoms with van der Waals surface area (Å²) in [5, 5.41) is 10.0. The lowest BCUT2D eigenvalue weighted by molar-refractivity contribution is -0.170. The zero-order valence-corrected chi connectivity index (χ0v) is 14.3. The Morgan fingerprint density at radius 3 is 2.73 bits per heavy atom. The van der Waals surface area contributed by atoms with Gasteiger partial charge in [-0.05, 0) is 67.6 Å². The van der Waals surface area contributed by atoms with Crippen LogP contribution in [0.5, 0.6) is 0 Å². The SMILES string of the molecule is CC1=CC23CC1CCC2C1(C)CCCC(C)(CO)C1CC3=O. The van der Waals surface area contributed by atoms with Crippen LogP contribution in [0.25, 0.3) is 0 Å². The number of aliphatic hydroxyl groups excluding tert-OH is 1. The Balaban J connectivity index is 1.81. The average molecular weight is 302 g/mol. The van der Waals surface area contributed by atoms with Crippen LogP contribution in [0.3, 0.4) is 0 Å². The summed E-state index contributed by atoms with van der Waals surface area (Å²) in [6.45, 7) is 7.15. The van der Waals surface area contributed by atoms with E-state index in [2.05, 4.69) is 26.8 Å². The highest BCUT2D eigenvalue weighted by atomic mass is 16.3. The first kappa shape index (κ1) is 14.9. The molecular weight excluding hydrogens is 272 g/mol. The molecule has 122 valence electrons. The summed E-state index contributed by atoms with van der Waals surface area (Å²) < 4.78 is 0. The topological polar surface area (TPSA) is 37.3 Å². The molecular formula is C20H30O2. The van der Waals surface area contributed by atoms with E-state index in [0.717, 1.165) is 12.8 Å². The maximum Gasteiger partial charge on any atom is 0.143 e. The molecule has 0 aromatic carbocycles. The number of hydrogen-bond acceptors (Lipinski definition) is 2. The highest BCUT2D eigenvalue weighted by Crippen LogP contribution is 2.69. The molecule has 2 nitrogen and oxygen atoms in total. The van der Waals surface area contributed by atoms with Crippen LogP contribution < -0.4 is 0 Å². The van der Waals surface area contributed by atoms with Crippen LogP contribution in [0.15, 0.2) is 11.6 Å². The summed E-state index contributed by atoms with van der Waals surface area (Å²) in [5.41, 5.74) is 1.50. The quantitative estimate of drug-likeness (QED) is 0.740. The van der Waals surface area contributed by atoms with Gasteiger partial charge in [-0.1, -0.05) is 31.9 Å². The number of aliphatic hydroxyl groups is 1. The third-order valence-electron chi connectivity index (χ3n) is 8.31. The van der Waals surface area contributed by atoms with E-state index in [0.29, 0.717) is 30.0 Å². The van der Waals surface area contributed by atoms with Crippen LogP contribution in [-0.4, -0.2) is 17.5 Å². The van der Waals surface area contributed by atoms with Crippen molar-refractivity contribution in [2.24, 2.45) is 34.0 Å². The Bertz CT molecular complexity index is 550. The fourth-order valence-electron chi connectivity index (χ4n) is 7.14. The second kappa shape index (κ2) is 4.47. The van der Waals surface area contributed by atoms with Gasteiger partial charge in [0, 0.05) is 13.0 Å². The molecule has 0 radical (unpaired) electrons. The first-order chi connectivity index (χ1) is 10.4. The van der Waals surface area contributed by atoms with E-state index in [1.807, 2.05) is 0 Å². The van der Waals surface area contributed by atoms with Gasteiger partial charge >= 0.3 is 0 Å². The predicted octanol–water partition coefficient (Wildman–Crippen LogP) is 4.13. The highest BCUT2D eigenvalue weighted by Gasteiger charge is 2.65. The summed E-state index contributed by atoms with van der Waals surface area (Å²) in [4.78, 5) is 13.2. The van der Waals surface area contributed by atoms with Crippen LogP contribution in [0.2, 0.25) is 0 Å². The normalized spacial score (nSPS) is 53.7. The van der Waals surface area contributed by atoms with E-state index < -0.39 is 0 Å². The van der Waals surface area contributed by atoms with Gasteiger partial charge in [0.05, 0.1) is 5.41 Å². The van der Waals surface area contributed by atoms with Crippen molar-refractivity contribution in [1.29, 1.82) is 0 Å². The third-order valence-corrected chi connectivity index (χ3v) is 8.31. The van der Waals surface area contributed by atoms with E-state index in [4.69, 9.17) is 0 Å². The van der Waals surface area contributed by atoms with Crippen LogP contribution in [0.4, 0.5) is 0 Å². The number of carbonyl (C=O) groups excluding carboxylic acids is 1. The molecule has 4 aliphatic rings. The molecule has 3 saturated carbocycles. The van der Waals surface area contributed by atoms with Gasteiger partial charge in [0.2, 0.25) is 0 Å². The zero-order valence-electron chi connectivity index (χ0n) is 14.3. The number of Topliss-reactive ketones (excluding diaryl/α,β-unsaturated/α-hetero) is 1. The molecule has 4 aliphatic carbocycles. The number of hydrogen-bond donors (Lipinski definition) is 1. The largest absolute Gasteiger partial charge is 0.396 e. The Morgan fingerprint density at radius 1 is 1.23 bits per heavy atom. The Labute approximate surface area is 134 Å². The number of allylic oxidation sites excluding steroid dienone is 2. The van der Waals surface area contributed by atoms with E-state index >= 15 is 0 Å². The number of ketones is 1. The van der Waals surface area contributed by atoms with Gasteiger partial charge in [0.1, 0.15) is 5.78 Å². The molecule has 0 heterocycles. The van der Waals surface area contributed by atoms with Crippen molar-refractivity contribution in [1.82, 2.24) is 0 Å². The molecule has 0 aromatic rings. The Kier molecular flexibility index (Phi) is 3.03. The first-order valence-electron chi connectivity index (χ1n) is 9.19. The second-order valence-corrected chi connectivity index (χ2v) is 9.31. The molecule has 0 aromatic heterocycles. The summed E-state index contributed by atoms with van der Waals surface area (Å²) >= 11 is 0. The molecule has 3 fully saturated rings.